The summed E-state index contributed by atoms with van der Waals surface area (Å²) in [6.07, 6.45) is 3.88. The van der Waals surface area contributed by atoms with Gasteiger partial charge in [-0.2, -0.15) is 0 Å². The summed E-state index contributed by atoms with van der Waals surface area (Å²) < 4.78 is 11.0. The van der Waals surface area contributed by atoms with Gasteiger partial charge in [0.1, 0.15) is 0 Å². The molecule has 3 N–H and O–H groups in total. The van der Waals surface area contributed by atoms with Crippen molar-refractivity contribution in [2.24, 2.45) is 11.7 Å². The molecule has 2 unspecified atom stereocenters. The molecule has 1 heterocycles. The number of carbonyl (C=O) groups is 1. The van der Waals surface area contributed by atoms with Crippen molar-refractivity contribution in [2.75, 3.05) is 32.9 Å². The third kappa shape index (κ3) is 6.93. The molecule has 5 heteroatoms. The third-order valence-electron chi connectivity index (χ3n) is 3.05. The zero-order valence-corrected chi connectivity index (χ0v) is 11.3. The molecule has 0 aromatic carbocycles. The van der Waals surface area contributed by atoms with E-state index in [4.69, 9.17) is 15.2 Å². The highest BCUT2D eigenvalue weighted by Crippen LogP contribution is 2.11. The van der Waals surface area contributed by atoms with Crippen LogP contribution in [0.2, 0.25) is 0 Å². The molecule has 0 radical (unpaired) electrons. The van der Waals surface area contributed by atoms with Crippen molar-refractivity contribution >= 4 is 5.91 Å². The fourth-order valence-electron chi connectivity index (χ4n) is 1.86. The number of hydrogen-bond acceptors (Lipinski definition) is 4. The number of rotatable bonds is 9. The second kappa shape index (κ2) is 9.30. The molecule has 18 heavy (non-hydrogen) atoms. The molecule has 0 saturated carbocycles. The van der Waals surface area contributed by atoms with E-state index >= 15 is 0 Å². The van der Waals surface area contributed by atoms with Gasteiger partial charge >= 0.3 is 0 Å². The highest BCUT2D eigenvalue weighted by atomic mass is 16.5. The Hall–Kier alpha value is -0.650. The molecule has 0 spiro atoms. The van der Waals surface area contributed by atoms with Gasteiger partial charge in [-0.25, -0.2) is 0 Å². The van der Waals surface area contributed by atoms with Crippen LogP contribution in [0.15, 0.2) is 0 Å². The Bertz CT molecular complexity index is 230. The first kappa shape index (κ1) is 15.4. The molecule has 0 bridgehead atoms. The highest BCUT2D eigenvalue weighted by molar-refractivity contribution is 5.76. The quantitative estimate of drug-likeness (QED) is 0.596. The predicted octanol–water partition coefficient (Wildman–Crippen LogP) is 0.673. The Balaban J connectivity index is 1.87. The zero-order chi connectivity index (χ0) is 13.2. The van der Waals surface area contributed by atoms with Crippen molar-refractivity contribution in [1.82, 2.24) is 5.32 Å². The minimum absolute atomic E-state index is 0.0760. The van der Waals surface area contributed by atoms with Crippen LogP contribution in [0.4, 0.5) is 0 Å². The molecular formula is C13H26N2O3. The summed E-state index contributed by atoms with van der Waals surface area (Å²) in [6, 6.07) is 0. The molecule has 5 nitrogen and oxygen atoms in total. The lowest BCUT2D eigenvalue weighted by Crippen LogP contribution is -2.28. The van der Waals surface area contributed by atoms with E-state index in [1.165, 1.54) is 0 Å². The highest BCUT2D eigenvalue weighted by Gasteiger charge is 2.14. The van der Waals surface area contributed by atoms with Gasteiger partial charge in [-0.05, 0) is 31.7 Å². The Morgan fingerprint density at radius 2 is 2.44 bits per heavy atom. The van der Waals surface area contributed by atoms with Crippen LogP contribution in [-0.4, -0.2) is 44.9 Å². The lowest BCUT2D eigenvalue weighted by molar-refractivity contribution is -0.121. The first-order chi connectivity index (χ1) is 8.72. The maximum absolute atomic E-state index is 11.4. The van der Waals surface area contributed by atoms with E-state index in [1.54, 1.807) is 0 Å². The van der Waals surface area contributed by atoms with Crippen LogP contribution in [0.3, 0.4) is 0 Å². The molecule has 1 amide bonds. The van der Waals surface area contributed by atoms with Crippen molar-refractivity contribution in [2.45, 2.75) is 38.7 Å². The second-order valence-electron chi connectivity index (χ2n) is 4.96. The fraction of sp³-hybridized carbons (Fsp3) is 0.923. The summed E-state index contributed by atoms with van der Waals surface area (Å²) in [5.74, 6) is 0.327. The van der Waals surface area contributed by atoms with Crippen molar-refractivity contribution < 1.29 is 14.3 Å². The molecule has 0 aromatic rings. The number of hydrogen-bond donors (Lipinski definition) is 2. The van der Waals surface area contributed by atoms with E-state index in [0.717, 1.165) is 25.9 Å². The van der Waals surface area contributed by atoms with Crippen LogP contribution < -0.4 is 11.1 Å². The molecule has 1 rings (SSSR count). The van der Waals surface area contributed by atoms with E-state index < -0.39 is 0 Å². The van der Waals surface area contributed by atoms with E-state index in [1.807, 2.05) is 6.92 Å². The number of nitrogens with one attached hydrogen (secondary N) is 1. The van der Waals surface area contributed by atoms with Gasteiger partial charge in [0.25, 0.3) is 0 Å². The maximum atomic E-state index is 11.4. The Labute approximate surface area is 109 Å². The molecule has 0 aromatic heterocycles. The predicted molar refractivity (Wildman–Crippen MR) is 70.3 cm³/mol. The van der Waals surface area contributed by atoms with Crippen LogP contribution >= 0.6 is 0 Å². The summed E-state index contributed by atoms with van der Waals surface area (Å²) in [6.45, 7) is 5.41. The van der Waals surface area contributed by atoms with Crippen LogP contribution in [0.1, 0.15) is 32.6 Å². The van der Waals surface area contributed by atoms with Crippen LogP contribution in [0.5, 0.6) is 0 Å². The SMILES string of the molecule is CC(CN)CC(=O)NCCCOCC1CCCO1. The second-order valence-corrected chi connectivity index (χ2v) is 4.96. The van der Waals surface area contributed by atoms with Gasteiger partial charge in [0.05, 0.1) is 12.7 Å². The Morgan fingerprint density at radius 1 is 1.61 bits per heavy atom. The average Bonchev–Trinajstić information content (AvgIpc) is 2.86. The Morgan fingerprint density at radius 3 is 3.11 bits per heavy atom. The Kier molecular flexibility index (Phi) is 7.96. The summed E-state index contributed by atoms with van der Waals surface area (Å²) in [5, 5.41) is 2.87. The number of amides is 1. The summed E-state index contributed by atoms with van der Waals surface area (Å²) >= 11 is 0. The van der Waals surface area contributed by atoms with Crippen LogP contribution in [-0.2, 0) is 14.3 Å². The van der Waals surface area contributed by atoms with Crippen molar-refractivity contribution in [3.8, 4) is 0 Å². The van der Waals surface area contributed by atoms with E-state index in [-0.39, 0.29) is 17.9 Å². The summed E-state index contributed by atoms with van der Waals surface area (Å²) in [7, 11) is 0. The lowest BCUT2D eigenvalue weighted by atomic mass is 10.1. The molecule has 2 atom stereocenters. The van der Waals surface area contributed by atoms with Crippen LogP contribution in [0, 0.1) is 5.92 Å². The van der Waals surface area contributed by atoms with Crippen molar-refractivity contribution in [1.29, 1.82) is 0 Å². The van der Waals surface area contributed by atoms with Crippen molar-refractivity contribution in [3.63, 3.8) is 0 Å². The first-order valence-corrected chi connectivity index (χ1v) is 6.88. The molecular weight excluding hydrogens is 232 g/mol. The third-order valence-corrected chi connectivity index (χ3v) is 3.05. The van der Waals surface area contributed by atoms with Crippen molar-refractivity contribution in [3.05, 3.63) is 0 Å². The largest absolute Gasteiger partial charge is 0.379 e. The number of ether oxygens (including phenoxy) is 2. The van der Waals surface area contributed by atoms with E-state index in [2.05, 4.69) is 5.32 Å². The zero-order valence-electron chi connectivity index (χ0n) is 11.3. The summed E-state index contributed by atoms with van der Waals surface area (Å²) in [5.41, 5.74) is 5.46. The topological polar surface area (TPSA) is 73.6 Å². The monoisotopic (exact) mass is 258 g/mol. The molecule has 1 aliphatic heterocycles. The van der Waals surface area contributed by atoms with Gasteiger partial charge in [-0.15, -0.1) is 0 Å². The van der Waals surface area contributed by atoms with E-state index in [9.17, 15) is 4.79 Å². The minimum atomic E-state index is 0.0760. The maximum Gasteiger partial charge on any atom is 0.220 e. The van der Waals surface area contributed by atoms with Gasteiger partial charge in [0, 0.05) is 26.2 Å². The lowest BCUT2D eigenvalue weighted by Gasteiger charge is -2.11. The standard InChI is InChI=1S/C13H26N2O3/c1-11(9-14)8-13(16)15-5-3-6-17-10-12-4-2-7-18-12/h11-12H,2-10,14H2,1H3,(H,15,16). The van der Waals surface area contributed by atoms with E-state index in [0.29, 0.717) is 32.7 Å². The average molecular weight is 258 g/mol. The summed E-state index contributed by atoms with van der Waals surface area (Å²) in [4.78, 5) is 11.4. The number of nitrogens with two attached hydrogens (primary N) is 1. The molecule has 1 aliphatic rings. The van der Waals surface area contributed by atoms with Gasteiger partial charge in [-0.1, -0.05) is 6.92 Å². The van der Waals surface area contributed by atoms with Gasteiger partial charge in [0.15, 0.2) is 0 Å². The van der Waals surface area contributed by atoms with Gasteiger partial charge < -0.3 is 20.5 Å². The normalized spacial score (nSPS) is 20.9. The molecule has 1 fully saturated rings. The van der Waals surface area contributed by atoms with Gasteiger partial charge in [-0.3, -0.25) is 4.79 Å². The number of carbonyl (C=O) groups excluding carboxylic acids is 1. The minimum Gasteiger partial charge on any atom is -0.379 e. The smallest absolute Gasteiger partial charge is 0.220 e. The molecule has 1 saturated heterocycles. The molecule has 106 valence electrons. The molecule has 0 aliphatic carbocycles. The van der Waals surface area contributed by atoms with Gasteiger partial charge in [0.2, 0.25) is 5.91 Å². The first-order valence-electron chi connectivity index (χ1n) is 6.88. The van der Waals surface area contributed by atoms with Crippen LogP contribution in [0.25, 0.3) is 0 Å². The fourth-order valence-corrected chi connectivity index (χ4v) is 1.86.